The fourth-order valence-corrected chi connectivity index (χ4v) is 2.78. The Hall–Kier alpha value is -0.650. The molecular formula is C13H25N3O2. The zero-order chi connectivity index (χ0) is 13.1. The van der Waals surface area contributed by atoms with Crippen molar-refractivity contribution in [3.63, 3.8) is 0 Å². The maximum atomic E-state index is 12.2. The molecule has 3 unspecified atom stereocenters. The molecule has 0 aliphatic carbocycles. The van der Waals surface area contributed by atoms with Crippen molar-refractivity contribution in [2.75, 3.05) is 32.8 Å². The van der Waals surface area contributed by atoms with Gasteiger partial charge in [0.2, 0.25) is 5.91 Å². The third-order valence-corrected chi connectivity index (χ3v) is 3.97. The molecule has 3 atom stereocenters. The molecule has 0 spiro atoms. The second-order valence-corrected chi connectivity index (χ2v) is 5.18. The molecule has 0 saturated carbocycles. The van der Waals surface area contributed by atoms with E-state index in [4.69, 9.17) is 4.74 Å². The van der Waals surface area contributed by atoms with E-state index in [0.29, 0.717) is 6.54 Å². The van der Waals surface area contributed by atoms with Crippen LogP contribution in [0.2, 0.25) is 0 Å². The number of hydrogen-bond donors (Lipinski definition) is 1. The summed E-state index contributed by atoms with van der Waals surface area (Å²) in [4.78, 5) is 16.5. The molecule has 5 nitrogen and oxygen atoms in total. The predicted octanol–water partition coefficient (Wildman–Crippen LogP) is 0.264. The largest absolute Gasteiger partial charge is 0.374 e. The lowest BCUT2D eigenvalue weighted by molar-refractivity contribution is -0.133. The van der Waals surface area contributed by atoms with Gasteiger partial charge in [0, 0.05) is 19.6 Å². The van der Waals surface area contributed by atoms with E-state index in [1.165, 1.54) is 0 Å². The lowest BCUT2D eigenvalue weighted by Gasteiger charge is -2.35. The molecule has 18 heavy (non-hydrogen) atoms. The van der Waals surface area contributed by atoms with Gasteiger partial charge in [-0.05, 0) is 19.9 Å². The molecule has 0 bridgehead atoms. The van der Waals surface area contributed by atoms with Crippen LogP contribution in [-0.4, -0.2) is 66.8 Å². The third-order valence-electron chi connectivity index (χ3n) is 3.97. The third kappa shape index (κ3) is 2.84. The number of carbonyl (C=O) groups excluding carboxylic acids is 1. The molecule has 0 aromatic heterocycles. The molecule has 2 aliphatic heterocycles. The van der Waals surface area contributed by atoms with E-state index < -0.39 is 0 Å². The van der Waals surface area contributed by atoms with Crippen LogP contribution in [0.1, 0.15) is 27.2 Å². The van der Waals surface area contributed by atoms with Gasteiger partial charge in [0.25, 0.3) is 0 Å². The summed E-state index contributed by atoms with van der Waals surface area (Å²) >= 11 is 0. The average Bonchev–Trinajstić information content (AvgIpc) is 2.66. The minimum Gasteiger partial charge on any atom is -0.374 e. The van der Waals surface area contributed by atoms with Crippen LogP contribution in [-0.2, 0) is 9.53 Å². The highest BCUT2D eigenvalue weighted by Crippen LogP contribution is 2.15. The SMILES string of the molecule is CCC1NC(C)N(CC2CN(CC)CCO2)C1=O. The second kappa shape index (κ2) is 5.99. The molecule has 0 aromatic rings. The molecule has 2 aliphatic rings. The fraction of sp³-hybridized carbons (Fsp3) is 0.923. The van der Waals surface area contributed by atoms with Crippen LogP contribution in [0.25, 0.3) is 0 Å². The number of rotatable bonds is 4. The number of ether oxygens (including phenoxy) is 1. The maximum absolute atomic E-state index is 12.2. The van der Waals surface area contributed by atoms with Gasteiger partial charge in [-0.2, -0.15) is 0 Å². The first kappa shape index (κ1) is 13.8. The summed E-state index contributed by atoms with van der Waals surface area (Å²) in [6.07, 6.45) is 1.14. The van der Waals surface area contributed by atoms with E-state index in [0.717, 1.165) is 32.7 Å². The van der Waals surface area contributed by atoms with E-state index >= 15 is 0 Å². The molecule has 1 amide bonds. The van der Waals surface area contributed by atoms with Gasteiger partial charge in [-0.25, -0.2) is 0 Å². The van der Waals surface area contributed by atoms with Crippen LogP contribution in [0.4, 0.5) is 0 Å². The fourth-order valence-electron chi connectivity index (χ4n) is 2.78. The minimum absolute atomic E-state index is 0.00845. The van der Waals surface area contributed by atoms with Gasteiger partial charge in [0.15, 0.2) is 0 Å². The first-order chi connectivity index (χ1) is 8.65. The van der Waals surface area contributed by atoms with Crippen molar-refractivity contribution in [3.05, 3.63) is 0 Å². The molecule has 2 heterocycles. The van der Waals surface area contributed by atoms with Crippen LogP contribution >= 0.6 is 0 Å². The highest BCUT2D eigenvalue weighted by molar-refractivity contribution is 5.84. The molecule has 5 heteroatoms. The van der Waals surface area contributed by atoms with Gasteiger partial charge in [0.05, 0.1) is 24.9 Å². The van der Waals surface area contributed by atoms with Crippen LogP contribution in [0.5, 0.6) is 0 Å². The Kier molecular flexibility index (Phi) is 4.59. The van der Waals surface area contributed by atoms with E-state index in [1.54, 1.807) is 0 Å². The lowest BCUT2D eigenvalue weighted by Crippen LogP contribution is -2.49. The minimum atomic E-state index is -0.00845. The number of amides is 1. The van der Waals surface area contributed by atoms with Crippen molar-refractivity contribution in [3.8, 4) is 0 Å². The predicted molar refractivity (Wildman–Crippen MR) is 70.2 cm³/mol. The first-order valence-corrected chi connectivity index (χ1v) is 7.06. The maximum Gasteiger partial charge on any atom is 0.241 e. The zero-order valence-electron chi connectivity index (χ0n) is 11.7. The molecule has 2 fully saturated rings. The summed E-state index contributed by atoms with van der Waals surface area (Å²) in [5.74, 6) is 0.224. The Morgan fingerprint density at radius 3 is 2.83 bits per heavy atom. The molecule has 2 rings (SSSR count). The lowest BCUT2D eigenvalue weighted by atomic mass is 10.2. The summed E-state index contributed by atoms with van der Waals surface area (Å²) in [5, 5.41) is 3.33. The van der Waals surface area contributed by atoms with E-state index in [1.807, 2.05) is 18.7 Å². The Morgan fingerprint density at radius 2 is 2.22 bits per heavy atom. The Morgan fingerprint density at radius 1 is 1.44 bits per heavy atom. The summed E-state index contributed by atoms with van der Waals surface area (Å²) in [6.45, 7) is 10.7. The Bertz CT molecular complexity index is 298. The monoisotopic (exact) mass is 255 g/mol. The summed E-state index contributed by atoms with van der Waals surface area (Å²) in [6, 6.07) is -0.00845. The number of nitrogens with one attached hydrogen (secondary N) is 1. The summed E-state index contributed by atoms with van der Waals surface area (Å²) in [5.41, 5.74) is 0. The Balaban J connectivity index is 1.90. The number of likely N-dealkylation sites (N-methyl/N-ethyl adjacent to an activating group) is 1. The van der Waals surface area contributed by atoms with Crippen LogP contribution in [0.3, 0.4) is 0 Å². The number of carbonyl (C=O) groups is 1. The molecule has 1 N–H and O–H groups in total. The zero-order valence-corrected chi connectivity index (χ0v) is 11.7. The van der Waals surface area contributed by atoms with Crippen molar-refractivity contribution in [2.24, 2.45) is 0 Å². The smallest absolute Gasteiger partial charge is 0.241 e. The van der Waals surface area contributed by atoms with Crippen molar-refractivity contribution >= 4 is 5.91 Å². The molecule has 0 radical (unpaired) electrons. The van der Waals surface area contributed by atoms with Crippen molar-refractivity contribution in [1.82, 2.24) is 15.1 Å². The molecular weight excluding hydrogens is 230 g/mol. The standard InChI is InChI=1S/C13H25N3O2/c1-4-12-13(17)16(10(3)14-12)9-11-8-15(5-2)6-7-18-11/h10-12,14H,4-9H2,1-3H3. The van der Waals surface area contributed by atoms with Crippen LogP contribution in [0, 0.1) is 0 Å². The average molecular weight is 255 g/mol. The van der Waals surface area contributed by atoms with Gasteiger partial charge in [-0.3, -0.25) is 15.0 Å². The van der Waals surface area contributed by atoms with E-state index in [-0.39, 0.29) is 24.2 Å². The summed E-state index contributed by atoms with van der Waals surface area (Å²) in [7, 11) is 0. The number of hydrogen-bond acceptors (Lipinski definition) is 4. The topological polar surface area (TPSA) is 44.8 Å². The van der Waals surface area contributed by atoms with Crippen LogP contribution in [0.15, 0.2) is 0 Å². The highest BCUT2D eigenvalue weighted by atomic mass is 16.5. The van der Waals surface area contributed by atoms with Crippen LogP contribution < -0.4 is 5.32 Å². The van der Waals surface area contributed by atoms with Crippen molar-refractivity contribution in [1.29, 1.82) is 0 Å². The highest BCUT2D eigenvalue weighted by Gasteiger charge is 2.37. The summed E-state index contributed by atoms with van der Waals surface area (Å²) < 4.78 is 5.77. The molecule has 0 aromatic carbocycles. The van der Waals surface area contributed by atoms with Gasteiger partial charge in [0.1, 0.15) is 0 Å². The van der Waals surface area contributed by atoms with E-state index in [9.17, 15) is 4.79 Å². The second-order valence-electron chi connectivity index (χ2n) is 5.18. The van der Waals surface area contributed by atoms with Gasteiger partial charge in [-0.15, -0.1) is 0 Å². The van der Waals surface area contributed by atoms with Gasteiger partial charge in [-0.1, -0.05) is 13.8 Å². The quantitative estimate of drug-likeness (QED) is 0.783. The molecule has 2 saturated heterocycles. The van der Waals surface area contributed by atoms with Gasteiger partial charge < -0.3 is 9.64 Å². The van der Waals surface area contributed by atoms with E-state index in [2.05, 4.69) is 17.1 Å². The van der Waals surface area contributed by atoms with Gasteiger partial charge >= 0.3 is 0 Å². The first-order valence-electron chi connectivity index (χ1n) is 7.06. The Labute approximate surface area is 109 Å². The molecule has 104 valence electrons. The normalized spacial score (nSPS) is 34.3. The number of morpholine rings is 1. The number of nitrogens with zero attached hydrogens (tertiary/aromatic N) is 2. The van der Waals surface area contributed by atoms with Crippen molar-refractivity contribution < 1.29 is 9.53 Å². The van der Waals surface area contributed by atoms with Crippen molar-refractivity contribution in [2.45, 2.75) is 45.5 Å².